The highest BCUT2D eigenvalue weighted by Gasteiger charge is 2.35. The number of aromatic nitrogens is 2. The first-order chi connectivity index (χ1) is 9.88. The molecule has 2 heterocycles. The van der Waals surface area contributed by atoms with E-state index in [1.54, 1.807) is 24.3 Å². The molecule has 0 saturated heterocycles. The molecule has 0 saturated carbocycles. The smallest absolute Gasteiger partial charge is 0.295 e. The summed E-state index contributed by atoms with van der Waals surface area (Å²) in [5, 5.41) is 0.518. The average Bonchev–Trinajstić information content (AvgIpc) is 2.87. The predicted octanol–water partition coefficient (Wildman–Crippen LogP) is 5.33. The monoisotopic (exact) mass is 330 g/mol. The molecule has 108 valence electrons. The molecule has 21 heavy (non-hydrogen) atoms. The quantitative estimate of drug-likeness (QED) is 0.589. The molecule has 0 fully saturated rings. The van der Waals surface area contributed by atoms with Gasteiger partial charge in [-0.1, -0.05) is 35.3 Å². The van der Waals surface area contributed by atoms with Gasteiger partial charge in [0.05, 0.1) is 5.02 Å². The van der Waals surface area contributed by atoms with Crippen LogP contribution in [0.15, 0.2) is 42.7 Å². The van der Waals surface area contributed by atoms with Crippen LogP contribution in [0.25, 0.3) is 16.8 Å². The van der Waals surface area contributed by atoms with Gasteiger partial charge in [-0.3, -0.25) is 4.40 Å². The van der Waals surface area contributed by atoms with Gasteiger partial charge in [0.15, 0.2) is 0 Å². The normalized spacial score (nSPS) is 12.0. The largest absolute Gasteiger partial charge is 0.431 e. The summed E-state index contributed by atoms with van der Waals surface area (Å²) in [5.41, 5.74) is 0.371. The number of halogens is 5. The van der Waals surface area contributed by atoms with E-state index in [1.165, 1.54) is 12.4 Å². The lowest BCUT2D eigenvalue weighted by atomic mass is 10.1. The molecule has 0 unspecified atom stereocenters. The maximum Gasteiger partial charge on any atom is 0.431 e. The Morgan fingerprint density at radius 3 is 2.33 bits per heavy atom. The maximum absolute atomic E-state index is 13.0. The Bertz CT molecular complexity index is 807. The summed E-state index contributed by atoms with van der Waals surface area (Å²) in [7, 11) is 0. The van der Waals surface area contributed by atoms with Gasteiger partial charge in [-0.15, -0.1) is 0 Å². The Hall–Kier alpha value is -1.72. The summed E-state index contributed by atoms with van der Waals surface area (Å²) in [6.07, 6.45) is -1.95. The van der Waals surface area contributed by atoms with Crippen LogP contribution in [0.2, 0.25) is 10.0 Å². The van der Waals surface area contributed by atoms with Crippen LogP contribution in [0.4, 0.5) is 13.2 Å². The number of imidazole rings is 1. The number of nitrogens with zero attached hydrogens (tertiary/aromatic N) is 2. The van der Waals surface area contributed by atoms with E-state index in [9.17, 15) is 13.2 Å². The van der Waals surface area contributed by atoms with E-state index in [0.29, 0.717) is 16.1 Å². The number of hydrogen-bond donors (Lipinski definition) is 0. The van der Waals surface area contributed by atoms with Gasteiger partial charge >= 0.3 is 6.18 Å². The van der Waals surface area contributed by atoms with Gasteiger partial charge in [-0.25, -0.2) is 4.98 Å². The Labute approximate surface area is 127 Å². The minimum atomic E-state index is -4.51. The number of hydrogen-bond acceptors (Lipinski definition) is 1. The van der Waals surface area contributed by atoms with E-state index >= 15 is 0 Å². The fourth-order valence-corrected chi connectivity index (χ4v) is 2.58. The second-order valence-corrected chi connectivity index (χ2v) is 5.22. The van der Waals surface area contributed by atoms with Crippen molar-refractivity contribution < 1.29 is 13.2 Å². The van der Waals surface area contributed by atoms with Gasteiger partial charge < -0.3 is 0 Å². The zero-order valence-corrected chi connectivity index (χ0v) is 11.8. The zero-order valence-electron chi connectivity index (χ0n) is 10.3. The first-order valence-corrected chi connectivity index (χ1v) is 6.62. The summed E-state index contributed by atoms with van der Waals surface area (Å²) in [6, 6.07) is 7.56. The van der Waals surface area contributed by atoms with E-state index in [2.05, 4.69) is 4.98 Å². The molecule has 7 heteroatoms. The molecule has 0 aliphatic rings. The van der Waals surface area contributed by atoms with Crippen molar-refractivity contribution in [3.05, 3.63) is 58.5 Å². The van der Waals surface area contributed by atoms with Crippen molar-refractivity contribution in [3.63, 3.8) is 0 Å². The Balaban J connectivity index is 2.33. The summed E-state index contributed by atoms with van der Waals surface area (Å²) in [5.74, 6) is 0. The lowest BCUT2D eigenvalue weighted by Gasteiger charge is -2.14. The van der Waals surface area contributed by atoms with Gasteiger partial charge in [0.2, 0.25) is 0 Å². The van der Waals surface area contributed by atoms with Gasteiger partial charge in [-0.05, 0) is 23.8 Å². The Morgan fingerprint density at radius 1 is 1.05 bits per heavy atom. The highest BCUT2D eigenvalue weighted by Crippen LogP contribution is 2.38. The molecule has 2 aromatic heterocycles. The second kappa shape index (κ2) is 4.93. The fraction of sp³-hybridized carbons (Fsp3) is 0.0714. The Morgan fingerprint density at radius 2 is 1.71 bits per heavy atom. The van der Waals surface area contributed by atoms with Crippen molar-refractivity contribution in [2.75, 3.05) is 0 Å². The summed E-state index contributed by atoms with van der Waals surface area (Å²) < 4.78 is 40.1. The molecular formula is C14H7Cl2F3N2. The molecule has 3 rings (SSSR count). The van der Waals surface area contributed by atoms with E-state index in [4.69, 9.17) is 23.2 Å². The third-order valence-electron chi connectivity index (χ3n) is 3.05. The molecular weight excluding hydrogens is 324 g/mol. The summed E-state index contributed by atoms with van der Waals surface area (Å²) >= 11 is 11.9. The van der Waals surface area contributed by atoms with Crippen molar-refractivity contribution in [1.82, 2.24) is 9.38 Å². The van der Waals surface area contributed by atoms with E-state index in [-0.39, 0.29) is 10.7 Å². The van der Waals surface area contributed by atoms with Crippen LogP contribution < -0.4 is 0 Å². The molecule has 0 aliphatic carbocycles. The number of benzene rings is 1. The summed E-state index contributed by atoms with van der Waals surface area (Å²) in [6.45, 7) is 0. The minimum absolute atomic E-state index is 0.0108. The van der Waals surface area contributed by atoms with Crippen LogP contribution in [0.5, 0.6) is 0 Å². The van der Waals surface area contributed by atoms with Crippen molar-refractivity contribution in [2.24, 2.45) is 0 Å². The summed E-state index contributed by atoms with van der Waals surface area (Å²) in [4.78, 5) is 4.00. The highest BCUT2D eigenvalue weighted by molar-refractivity contribution is 6.34. The van der Waals surface area contributed by atoms with Crippen LogP contribution >= 0.6 is 23.2 Å². The van der Waals surface area contributed by atoms with Gasteiger partial charge in [0.25, 0.3) is 0 Å². The molecule has 0 aliphatic heterocycles. The van der Waals surface area contributed by atoms with Gasteiger partial charge in [0, 0.05) is 23.0 Å². The standard InChI is InChI=1S/C14H7Cl2F3N2/c15-9-3-1-8(2-4-9)12-10(16)7-11(14(17,18)19)21-6-5-20-13(12)21/h1-7H. The maximum atomic E-state index is 13.0. The molecule has 0 bridgehead atoms. The van der Waals surface area contributed by atoms with Crippen molar-refractivity contribution >= 4 is 28.8 Å². The number of rotatable bonds is 1. The van der Waals surface area contributed by atoms with E-state index in [0.717, 1.165) is 10.5 Å². The predicted molar refractivity (Wildman–Crippen MR) is 75.7 cm³/mol. The molecule has 1 aromatic carbocycles. The van der Waals surface area contributed by atoms with Crippen LogP contribution in [0.1, 0.15) is 5.69 Å². The third kappa shape index (κ3) is 2.47. The van der Waals surface area contributed by atoms with E-state index < -0.39 is 11.9 Å². The first kappa shape index (κ1) is 14.2. The molecule has 3 aromatic rings. The lowest BCUT2D eigenvalue weighted by Crippen LogP contribution is -2.11. The van der Waals surface area contributed by atoms with Gasteiger partial charge in [-0.2, -0.15) is 13.2 Å². The lowest BCUT2D eigenvalue weighted by molar-refractivity contribution is -0.142. The number of pyridine rings is 1. The molecule has 0 N–H and O–H groups in total. The molecule has 0 spiro atoms. The average molecular weight is 331 g/mol. The van der Waals surface area contributed by atoms with Crippen molar-refractivity contribution in [2.45, 2.75) is 6.18 Å². The molecule has 0 radical (unpaired) electrons. The molecule has 0 atom stereocenters. The van der Waals surface area contributed by atoms with E-state index in [1.807, 2.05) is 0 Å². The topological polar surface area (TPSA) is 17.3 Å². The first-order valence-electron chi connectivity index (χ1n) is 5.86. The van der Waals surface area contributed by atoms with Crippen LogP contribution in [0.3, 0.4) is 0 Å². The van der Waals surface area contributed by atoms with Crippen LogP contribution in [0, 0.1) is 0 Å². The minimum Gasteiger partial charge on any atom is -0.295 e. The van der Waals surface area contributed by atoms with Crippen molar-refractivity contribution in [3.8, 4) is 11.1 Å². The SMILES string of the molecule is FC(F)(F)c1cc(Cl)c(-c2ccc(Cl)cc2)c2nccn12. The molecule has 0 amide bonds. The van der Waals surface area contributed by atoms with Gasteiger partial charge in [0.1, 0.15) is 11.3 Å². The van der Waals surface area contributed by atoms with Crippen molar-refractivity contribution in [1.29, 1.82) is 0 Å². The number of fused-ring (bicyclic) bond motifs is 1. The Kier molecular flexibility index (Phi) is 3.34. The van der Waals surface area contributed by atoms with Crippen LogP contribution in [-0.2, 0) is 6.18 Å². The highest BCUT2D eigenvalue weighted by atomic mass is 35.5. The fourth-order valence-electron chi connectivity index (χ4n) is 2.15. The number of alkyl halides is 3. The zero-order chi connectivity index (χ0) is 15.2. The second-order valence-electron chi connectivity index (χ2n) is 4.38. The third-order valence-corrected chi connectivity index (χ3v) is 3.60. The molecule has 2 nitrogen and oxygen atoms in total. The van der Waals surface area contributed by atoms with Crippen LogP contribution in [-0.4, -0.2) is 9.38 Å².